The van der Waals surface area contributed by atoms with E-state index in [0.29, 0.717) is 0 Å². The number of benzene rings is 2. The minimum Gasteiger partial charge on any atom is -0.388 e. The Labute approximate surface area is 128 Å². The predicted octanol–water partition coefficient (Wildman–Crippen LogP) is 5.60. The summed E-state index contributed by atoms with van der Waals surface area (Å²) in [5.74, 6) is 0. The first-order chi connectivity index (χ1) is 10.4. The van der Waals surface area contributed by atoms with E-state index in [0.717, 1.165) is 48.1 Å². The van der Waals surface area contributed by atoms with Gasteiger partial charge < -0.3 is 5.11 Å². The molecule has 2 rings (SSSR count). The summed E-state index contributed by atoms with van der Waals surface area (Å²) in [6.45, 7) is 2.07. The minimum absolute atomic E-state index is 0.485. The first-order valence-electron chi connectivity index (χ1n) is 7.37. The van der Waals surface area contributed by atoms with Crippen LogP contribution in [0.1, 0.15) is 43.4 Å². The molecule has 0 fully saturated rings. The molecule has 1 atom stereocenters. The lowest BCUT2D eigenvalue weighted by Gasteiger charge is -2.12. The van der Waals surface area contributed by atoms with Gasteiger partial charge in [0.1, 0.15) is 0 Å². The molecule has 0 heterocycles. The second-order valence-corrected chi connectivity index (χ2v) is 5.36. The van der Waals surface area contributed by atoms with Crippen LogP contribution < -0.4 is 0 Å². The molecule has 0 bridgehead atoms. The minimum atomic E-state index is -4.31. The van der Waals surface area contributed by atoms with E-state index in [2.05, 4.69) is 6.92 Å². The van der Waals surface area contributed by atoms with E-state index in [1.807, 2.05) is 24.3 Å². The van der Waals surface area contributed by atoms with Crippen LogP contribution in [0.15, 0.2) is 48.5 Å². The number of unbranched alkanes of at least 4 members (excludes halogenated alkanes) is 1. The second-order valence-electron chi connectivity index (χ2n) is 5.36. The lowest BCUT2D eigenvalue weighted by molar-refractivity contribution is -0.137. The highest BCUT2D eigenvalue weighted by Crippen LogP contribution is 2.31. The third-order valence-electron chi connectivity index (χ3n) is 3.67. The predicted molar refractivity (Wildman–Crippen MR) is 81.4 cm³/mol. The van der Waals surface area contributed by atoms with Crippen LogP contribution >= 0.6 is 0 Å². The normalized spacial score (nSPS) is 13.1. The zero-order valence-electron chi connectivity index (χ0n) is 12.4. The Bertz CT molecular complexity index is 585. The van der Waals surface area contributed by atoms with Crippen molar-refractivity contribution in [1.29, 1.82) is 0 Å². The Morgan fingerprint density at radius 2 is 1.41 bits per heavy atom. The molecule has 0 aromatic heterocycles. The van der Waals surface area contributed by atoms with Gasteiger partial charge in [-0.05, 0) is 35.2 Å². The van der Waals surface area contributed by atoms with Crippen molar-refractivity contribution in [2.75, 3.05) is 0 Å². The molecule has 1 nitrogen and oxygen atoms in total. The summed E-state index contributed by atoms with van der Waals surface area (Å²) in [5.41, 5.74) is 1.75. The summed E-state index contributed by atoms with van der Waals surface area (Å²) in [7, 11) is 0. The fourth-order valence-corrected chi connectivity index (χ4v) is 2.31. The average Bonchev–Trinajstić information content (AvgIpc) is 2.52. The first-order valence-corrected chi connectivity index (χ1v) is 7.37. The quantitative estimate of drug-likeness (QED) is 0.762. The van der Waals surface area contributed by atoms with Crippen LogP contribution in [0.4, 0.5) is 13.2 Å². The zero-order chi connectivity index (χ0) is 16.2. The molecular weight excluding hydrogens is 289 g/mol. The summed E-state index contributed by atoms with van der Waals surface area (Å²) in [6.07, 6.45) is -2.09. The maximum atomic E-state index is 12.5. The Morgan fingerprint density at radius 3 is 1.86 bits per heavy atom. The van der Waals surface area contributed by atoms with Crippen molar-refractivity contribution in [3.05, 3.63) is 59.7 Å². The summed E-state index contributed by atoms with van der Waals surface area (Å²) >= 11 is 0. The molecule has 0 unspecified atom stereocenters. The molecule has 1 N–H and O–H groups in total. The molecule has 4 heteroatoms. The third kappa shape index (κ3) is 4.10. The van der Waals surface area contributed by atoms with E-state index in [1.165, 1.54) is 12.1 Å². The van der Waals surface area contributed by atoms with E-state index in [4.69, 9.17) is 0 Å². The van der Waals surface area contributed by atoms with Crippen LogP contribution in [0.25, 0.3) is 11.1 Å². The van der Waals surface area contributed by atoms with E-state index in [9.17, 15) is 18.3 Å². The van der Waals surface area contributed by atoms with Gasteiger partial charge in [0.2, 0.25) is 0 Å². The molecule has 22 heavy (non-hydrogen) atoms. The second kappa shape index (κ2) is 6.97. The number of halogens is 3. The van der Waals surface area contributed by atoms with Gasteiger partial charge in [0, 0.05) is 0 Å². The van der Waals surface area contributed by atoms with E-state index >= 15 is 0 Å². The summed E-state index contributed by atoms with van der Waals surface area (Å²) < 4.78 is 37.6. The van der Waals surface area contributed by atoms with Gasteiger partial charge in [0.25, 0.3) is 0 Å². The smallest absolute Gasteiger partial charge is 0.388 e. The molecule has 0 saturated heterocycles. The van der Waals surface area contributed by atoms with E-state index in [-0.39, 0.29) is 0 Å². The van der Waals surface area contributed by atoms with Gasteiger partial charge in [-0.1, -0.05) is 56.2 Å². The van der Waals surface area contributed by atoms with Crippen molar-refractivity contribution < 1.29 is 18.3 Å². The van der Waals surface area contributed by atoms with E-state index in [1.54, 1.807) is 0 Å². The summed E-state index contributed by atoms with van der Waals surface area (Å²) in [5, 5.41) is 10.0. The average molecular weight is 308 g/mol. The molecular formula is C18H19F3O. The van der Waals surface area contributed by atoms with Crippen molar-refractivity contribution in [2.45, 2.75) is 38.5 Å². The van der Waals surface area contributed by atoms with Crippen molar-refractivity contribution in [2.24, 2.45) is 0 Å². The number of hydrogen-bond donors (Lipinski definition) is 1. The fraction of sp³-hybridized carbons (Fsp3) is 0.333. The van der Waals surface area contributed by atoms with Gasteiger partial charge >= 0.3 is 6.18 Å². The maximum Gasteiger partial charge on any atom is 0.416 e. The van der Waals surface area contributed by atoms with Crippen LogP contribution in [0.5, 0.6) is 0 Å². The molecule has 118 valence electrons. The van der Waals surface area contributed by atoms with Gasteiger partial charge in [0.05, 0.1) is 11.7 Å². The molecule has 2 aromatic rings. The largest absolute Gasteiger partial charge is 0.416 e. The highest BCUT2D eigenvalue weighted by atomic mass is 19.4. The fourth-order valence-electron chi connectivity index (χ4n) is 2.31. The van der Waals surface area contributed by atoms with Gasteiger partial charge in [-0.2, -0.15) is 13.2 Å². The lowest BCUT2D eigenvalue weighted by atomic mass is 9.99. The van der Waals surface area contributed by atoms with Crippen LogP contribution in [-0.4, -0.2) is 5.11 Å². The van der Waals surface area contributed by atoms with Crippen LogP contribution in [0.2, 0.25) is 0 Å². The number of alkyl halides is 3. The Balaban J connectivity index is 2.13. The van der Waals surface area contributed by atoms with Gasteiger partial charge in [-0.25, -0.2) is 0 Å². The molecule has 0 aliphatic rings. The highest BCUT2D eigenvalue weighted by molar-refractivity contribution is 5.64. The maximum absolute atomic E-state index is 12.5. The molecule has 0 amide bonds. The number of aliphatic hydroxyl groups excluding tert-OH is 1. The van der Waals surface area contributed by atoms with E-state index < -0.39 is 17.8 Å². The third-order valence-corrected chi connectivity index (χ3v) is 3.67. The standard InChI is InChI=1S/C18H19F3O/c1-2-3-4-17(22)15-7-5-13(6-8-15)14-9-11-16(12-10-14)18(19,20)21/h5-12,17,22H,2-4H2,1H3/t17-/m0/s1. The first kappa shape index (κ1) is 16.6. The number of aliphatic hydroxyl groups is 1. The molecule has 0 aliphatic carbocycles. The Morgan fingerprint density at radius 1 is 0.909 bits per heavy atom. The molecule has 0 aliphatic heterocycles. The van der Waals surface area contributed by atoms with Crippen LogP contribution in [0, 0.1) is 0 Å². The van der Waals surface area contributed by atoms with Crippen molar-refractivity contribution in [1.82, 2.24) is 0 Å². The Kier molecular flexibility index (Phi) is 5.24. The van der Waals surface area contributed by atoms with Crippen LogP contribution in [0.3, 0.4) is 0 Å². The summed E-state index contributed by atoms with van der Waals surface area (Å²) in [4.78, 5) is 0. The van der Waals surface area contributed by atoms with Crippen molar-refractivity contribution in [3.8, 4) is 11.1 Å². The molecule has 2 aromatic carbocycles. The zero-order valence-corrected chi connectivity index (χ0v) is 12.4. The number of hydrogen-bond acceptors (Lipinski definition) is 1. The van der Waals surface area contributed by atoms with Crippen molar-refractivity contribution >= 4 is 0 Å². The van der Waals surface area contributed by atoms with Gasteiger partial charge in [-0.15, -0.1) is 0 Å². The van der Waals surface area contributed by atoms with Crippen molar-refractivity contribution in [3.63, 3.8) is 0 Å². The molecule has 0 saturated carbocycles. The SMILES string of the molecule is CCCC[C@H](O)c1ccc(-c2ccc(C(F)(F)F)cc2)cc1. The topological polar surface area (TPSA) is 20.2 Å². The lowest BCUT2D eigenvalue weighted by Crippen LogP contribution is -2.04. The van der Waals surface area contributed by atoms with Gasteiger partial charge in [0.15, 0.2) is 0 Å². The number of rotatable bonds is 5. The molecule has 0 spiro atoms. The summed E-state index contributed by atoms with van der Waals surface area (Å²) in [6, 6.07) is 12.4. The highest BCUT2D eigenvalue weighted by Gasteiger charge is 2.29. The van der Waals surface area contributed by atoms with Crippen LogP contribution in [-0.2, 0) is 6.18 Å². The van der Waals surface area contributed by atoms with Gasteiger partial charge in [-0.3, -0.25) is 0 Å². The Hall–Kier alpha value is -1.81. The molecule has 0 radical (unpaired) electrons. The monoisotopic (exact) mass is 308 g/mol.